The van der Waals surface area contributed by atoms with Gasteiger partial charge < -0.3 is 14.5 Å². The zero-order valence-corrected chi connectivity index (χ0v) is 19.1. The van der Waals surface area contributed by atoms with Crippen LogP contribution in [0.15, 0.2) is 48.5 Å². The number of amides is 2. The normalized spacial score (nSPS) is 17.3. The van der Waals surface area contributed by atoms with Crippen molar-refractivity contribution in [1.29, 1.82) is 0 Å². The Balaban J connectivity index is 1.20. The first kappa shape index (κ1) is 22.4. The van der Waals surface area contributed by atoms with Crippen molar-refractivity contribution in [2.75, 3.05) is 32.8 Å². The molecule has 2 saturated heterocycles. The lowest BCUT2D eigenvalue weighted by Crippen LogP contribution is -2.40. The summed E-state index contributed by atoms with van der Waals surface area (Å²) in [6.45, 7) is 6.03. The first-order chi connectivity index (χ1) is 15.6. The van der Waals surface area contributed by atoms with Crippen LogP contribution < -0.4 is 4.74 Å². The maximum absolute atomic E-state index is 12.7. The van der Waals surface area contributed by atoms with Crippen LogP contribution in [0.3, 0.4) is 0 Å². The Morgan fingerprint density at radius 2 is 1.56 bits per heavy atom. The summed E-state index contributed by atoms with van der Waals surface area (Å²) in [6, 6.07) is 15.7. The van der Waals surface area contributed by atoms with E-state index in [1.807, 2.05) is 52.3 Å². The molecule has 5 nitrogen and oxygen atoms in total. The predicted molar refractivity (Wildman–Crippen MR) is 126 cm³/mol. The van der Waals surface area contributed by atoms with Gasteiger partial charge in [0.25, 0.3) is 5.91 Å². The fourth-order valence-electron chi connectivity index (χ4n) is 4.62. The fraction of sp³-hybridized carbons (Fsp3) is 0.481. The summed E-state index contributed by atoms with van der Waals surface area (Å²) >= 11 is 0. The lowest BCUT2D eigenvalue weighted by molar-refractivity contribution is -0.132. The molecule has 2 aliphatic heterocycles. The molecule has 4 rings (SSSR count). The average molecular weight is 435 g/mol. The molecule has 170 valence electrons. The second-order valence-corrected chi connectivity index (χ2v) is 9.12. The number of hydrogen-bond acceptors (Lipinski definition) is 3. The number of carbonyl (C=O) groups excluding carboxylic acids is 2. The smallest absolute Gasteiger partial charge is 0.253 e. The Morgan fingerprint density at radius 1 is 0.875 bits per heavy atom. The molecular weight excluding hydrogens is 400 g/mol. The number of piperidine rings is 2. The van der Waals surface area contributed by atoms with Gasteiger partial charge >= 0.3 is 0 Å². The van der Waals surface area contributed by atoms with Crippen LogP contribution in [0.25, 0.3) is 0 Å². The Morgan fingerprint density at radius 3 is 2.25 bits per heavy atom. The summed E-state index contributed by atoms with van der Waals surface area (Å²) in [4.78, 5) is 29.2. The van der Waals surface area contributed by atoms with Crippen LogP contribution >= 0.6 is 0 Å². The van der Waals surface area contributed by atoms with Crippen molar-refractivity contribution >= 4 is 11.8 Å². The second kappa shape index (κ2) is 10.7. The number of benzene rings is 2. The van der Waals surface area contributed by atoms with Gasteiger partial charge in [0.05, 0.1) is 13.0 Å². The molecule has 32 heavy (non-hydrogen) atoms. The highest BCUT2D eigenvalue weighted by molar-refractivity contribution is 5.94. The van der Waals surface area contributed by atoms with Crippen molar-refractivity contribution in [2.24, 2.45) is 5.92 Å². The van der Waals surface area contributed by atoms with E-state index in [0.29, 0.717) is 18.9 Å². The monoisotopic (exact) mass is 434 g/mol. The first-order valence-corrected chi connectivity index (χ1v) is 11.9. The Hall–Kier alpha value is -2.82. The molecule has 2 aromatic rings. The molecule has 0 radical (unpaired) electrons. The standard InChI is InChI=1S/C27H34N2O3/c1-21-7-3-4-8-24(21)19-26(30)28-17-13-22(14-18-28)20-32-25-11-9-23(10-12-25)27(31)29-15-5-2-6-16-29/h3-4,7-12,22H,2,5-6,13-20H2,1H3. The molecule has 2 fully saturated rings. The van der Waals surface area contributed by atoms with Gasteiger partial charge in [0.1, 0.15) is 5.75 Å². The molecule has 0 N–H and O–H groups in total. The minimum atomic E-state index is 0.124. The number of rotatable bonds is 6. The quantitative estimate of drug-likeness (QED) is 0.674. The van der Waals surface area contributed by atoms with Gasteiger partial charge in [-0.2, -0.15) is 0 Å². The Bertz CT molecular complexity index is 911. The maximum Gasteiger partial charge on any atom is 0.253 e. The Kier molecular flexibility index (Phi) is 7.46. The molecule has 2 heterocycles. The van der Waals surface area contributed by atoms with Gasteiger partial charge in [-0.15, -0.1) is 0 Å². The summed E-state index contributed by atoms with van der Waals surface area (Å²) in [6.07, 6.45) is 5.83. The Labute approximate surface area is 191 Å². The van der Waals surface area contributed by atoms with Gasteiger partial charge in [-0.1, -0.05) is 24.3 Å². The second-order valence-electron chi connectivity index (χ2n) is 9.12. The van der Waals surface area contributed by atoms with Crippen molar-refractivity contribution in [2.45, 2.75) is 45.4 Å². The molecule has 0 atom stereocenters. The summed E-state index contributed by atoms with van der Waals surface area (Å²) in [5, 5.41) is 0. The molecule has 2 aromatic carbocycles. The third-order valence-electron chi connectivity index (χ3n) is 6.80. The van der Waals surface area contributed by atoms with Crippen molar-refractivity contribution in [3.63, 3.8) is 0 Å². The van der Waals surface area contributed by atoms with E-state index in [-0.39, 0.29) is 11.8 Å². The lowest BCUT2D eigenvalue weighted by atomic mass is 9.97. The maximum atomic E-state index is 12.7. The van der Waals surface area contributed by atoms with Crippen LogP contribution in [-0.2, 0) is 11.2 Å². The molecule has 0 bridgehead atoms. The van der Waals surface area contributed by atoms with E-state index in [2.05, 4.69) is 13.0 Å². The van der Waals surface area contributed by atoms with Gasteiger partial charge in [0.15, 0.2) is 0 Å². The van der Waals surface area contributed by atoms with E-state index in [0.717, 1.165) is 68.7 Å². The molecule has 0 aromatic heterocycles. The molecule has 2 aliphatic rings. The van der Waals surface area contributed by atoms with E-state index in [1.54, 1.807) is 0 Å². The molecule has 0 saturated carbocycles. The number of likely N-dealkylation sites (tertiary alicyclic amines) is 2. The molecule has 2 amide bonds. The van der Waals surface area contributed by atoms with E-state index in [1.165, 1.54) is 12.0 Å². The van der Waals surface area contributed by atoms with Gasteiger partial charge in [-0.25, -0.2) is 0 Å². The van der Waals surface area contributed by atoms with Crippen molar-refractivity contribution in [3.8, 4) is 5.75 Å². The number of aryl methyl sites for hydroxylation is 1. The number of carbonyl (C=O) groups is 2. The van der Waals surface area contributed by atoms with Gasteiger partial charge in [-0.05, 0) is 80.3 Å². The summed E-state index contributed by atoms with van der Waals surface area (Å²) in [5.41, 5.74) is 3.03. The van der Waals surface area contributed by atoms with E-state index in [9.17, 15) is 9.59 Å². The SMILES string of the molecule is Cc1ccccc1CC(=O)N1CCC(COc2ccc(C(=O)N3CCCCC3)cc2)CC1. The van der Waals surface area contributed by atoms with E-state index < -0.39 is 0 Å². The number of hydrogen-bond donors (Lipinski definition) is 0. The van der Waals surface area contributed by atoms with Crippen LogP contribution in [-0.4, -0.2) is 54.4 Å². The van der Waals surface area contributed by atoms with Crippen LogP contribution in [0, 0.1) is 12.8 Å². The van der Waals surface area contributed by atoms with Crippen molar-refractivity contribution in [3.05, 3.63) is 65.2 Å². The largest absolute Gasteiger partial charge is 0.493 e. The number of ether oxygens (including phenoxy) is 1. The highest BCUT2D eigenvalue weighted by Gasteiger charge is 2.24. The first-order valence-electron chi connectivity index (χ1n) is 11.9. The minimum absolute atomic E-state index is 0.124. The number of nitrogens with zero attached hydrogens (tertiary/aromatic N) is 2. The van der Waals surface area contributed by atoms with Gasteiger partial charge in [0, 0.05) is 31.7 Å². The fourth-order valence-corrected chi connectivity index (χ4v) is 4.62. The highest BCUT2D eigenvalue weighted by atomic mass is 16.5. The van der Waals surface area contributed by atoms with Crippen LogP contribution in [0.1, 0.15) is 53.6 Å². The highest BCUT2D eigenvalue weighted by Crippen LogP contribution is 2.22. The van der Waals surface area contributed by atoms with Crippen LogP contribution in [0.5, 0.6) is 5.75 Å². The van der Waals surface area contributed by atoms with E-state index >= 15 is 0 Å². The molecule has 0 aliphatic carbocycles. The molecule has 0 spiro atoms. The molecule has 0 unspecified atom stereocenters. The lowest BCUT2D eigenvalue weighted by Gasteiger charge is -2.32. The third kappa shape index (κ3) is 5.70. The topological polar surface area (TPSA) is 49.9 Å². The van der Waals surface area contributed by atoms with Crippen molar-refractivity contribution in [1.82, 2.24) is 9.80 Å². The average Bonchev–Trinajstić information content (AvgIpc) is 2.85. The van der Waals surface area contributed by atoms with Crippen LogP contribution in [0.2, 0.25) is 0 Å². The van der Waals surface area contributed by atoms with Crippen LogP contribution in [0.4, 0.5) is 0 Å². The molecule has 5 heteroatoms. The zero-order chi connectivity index (χ0) is 22.3. The molecular formula is C27H34N2O3. The summed E-state index contributed by atoms with van der Waals surface area (Å²) < 4.78 is 6.00. The van der Waals surface area contributed by atoms with Gasteiger partial charge in [0.2, 0.25) is 5.91 Å². The minimum Gasteiger partial charge on any atom is -0.493 e. The zero-order valence-electron chi connectivity index (χ0n) is 19.1. The summed E-state index contributed by atoms with van der Waals surface area (Å²) in [5.74, 6) is 1.59. The van der Waals surface area contributed by atoms with E-state index in [4.69, 9.17) is 4.74 Å². The summed E-state index contributed by atoms with van der Waals surface area (Å²) in [7, 11) is 0. The third-order valence-corrected chi connectivity index (χ3v) is 6.80. The van der Waals surface area contributed by atoms with Crippen molar-refractivity contribution < 1.29 is 14.3 Å². The predicted octanol–water partition coefficient (Wildman–Crippen LogP) is 4.48. The van der Waals surface area contributed by atoms with Gasteiger partial charge in [-0.3, -0.25) is 9.59 Å².